The number of nitrogens with zero attached hydrogens (tertiary/aromatic N) is 3. The molecule has 3 heterocycles. The fourth-order valence-corrected chi connectivity index (χ4v) is 5.49. The van der Waals surface area contributed by atoms with E-state index in [4.69, 9.17) is 22.7 Å². The Bertz CT molecular complexity index is 1760. The largest absolute Gasteiger partial charge is 0.388 e. The van der Waals surface area contributed by atoms with Crippen molar-refractivity contribution in [1.29, 1.82) is 5.41 Å². The summed E-state index contributed by atoms with van der Waals surface area (Å²) in [5.41, 5.74) is 8.39. The van der Waals surface area contributed by atoms with Crippen molar-refractivity contribution < 1.29 is 19.2 Å². The van der Waals surface area contributed by atoms with Gasteiger partial charge in [-0.05, 0) is 35.9 Å². The first kappa shape index (κ1) is 33.9. The van der Waals surface area contributed by atoms with Crippen LogP contribution in [0.3, 0.4) is 0 Å². The predicted molar refractivity (Wildman–Crippen MR) is 181 cm³/mol. The van der Waals surface area contributed by atoms with Crippen LogP contribution in [0.1, 0.15) is 43.4 Å². The minimum absolute atomic E-state index is 0.0256. The van der Waals surface area contributed by atoms with Crippen LogP contribution in [0.15, 0.2) is 66.0 Å². The van der Waals surface area contributed by atoms with E-state index in [1.807, 2.05) is 24.3 Å². The summed E-state index contributed by atoms with van der Waals surface area (Å²) in [5, 5.41) is 18.3. The standard InChI is InChI=1S/C31H36ClN9O4S/c1-39-17-21(14-24(39)29(43)35-10-8-27(33)34)37-31(45)26-15-22(18-41(26)3)38-30(44)25-13-20(16-40(25)2)36-28(42)12-19-4-6-23(7-5-19)46-11-9-32/h4-7,13-18H,8-12H2,1-3H3,(H3,33,34)(H,35,43)(H,36,42)(H,37,45)(H,38,44). The van der Waals surface area contributed by atoms with Crippen LogP contribution in [0.2, 0.25) is 0 Å². The first-order valence-electron chi connectivity index (χ1n) is 14.2. The highest BCUT2D eigenvalue weighted by atomic mass is 35.5. The minimum atomic E-state index is -0.440. The van der Waals surface area contributed by atoms with E-state index in [1.165, 1.54) is 12.1 Å². The van der Waals surface area contributed by atoms with Gasteiger partial charge >= 0.3 is 0 Å². The van der Waals surface area contributed by atoms with Gasteiger partial charge in [-0.3, -0.25) is 24.6 Å². The Hall–Kier alpha value is -4.95. The number of hydrogen-bond donors (Lipinski definition) is 6. The molecule has 7 N–H and O–H groups in total. The van der Waals surface area contributed by atoms with Crippen LogP contribution < -0.4 is 27.0 Å². The van der Waals surface area contributed by atoms with Gasteiger partial charge in [-0.25, -0.2) is 0 Å². The van der Waals surface area contributed by atoms with E-state index in [9.17, 15) is 19.2 Å². The molecule has 0 aliphatic heterocycles. The molecule has 0 atom stereocenters. The predicted octanol–water partition coefficient (Wildman–Crippen LogP) is 3.77. The summed E-state index contributed by atoms with van der Waals surface area (Å²) in [6, 6.07) is 12.4. The highest BCUT2D eigenvalue weighted by Gasteiger charge is 2.19. The van der Waals surface area contributed by atoms with Crippen LogP contribution in [0.4, 0.5) is 17.1 Å². The number of carbonyl (C=O) groups is 4. The van der Waals surface area contributed by atoms with Gasteiger partial charge in [0.15, 0.2) is 0 Å². The normalized spacial score (nSPS) is 10.8. The lowest BCUT2D eigenvalue weighted by atomic mass is 10.1. The van der Waals surface area contributed by atoms with Crippen molar-refractivity contribution in [2.45, 2.75) is 17.7 Å². The molecule has 0 aliphatic rings. The van der Waals surface area contributed by atoms with Gasteiger partial charge in [0.1, 0.15) is 17.1 Å². The second-order valence-electron chi connectivity index (χ2n) is 10.5. The Kier molecular flexibility index (Phi) is 11.3. The fourth-order valence-electron chi connectivity index (χ4n) is 4.62. The Labute approximate surface area is 275 Å². The summed E-state index contributed by atoms with van der Waals surface area (Å²) in [7, 11) is 5.05. The fraction of sp³-hybridized carbons (Fsp3) is 0.258. The lowest BCUT2D eigenvalue weighted by Gasteiger charge is -2.04. The molecule has 15 heteroatoms. The third-order valence-electron chi connectivity index (χ3n) is 6.83. The number of aryl methyl sites for hydroxylation is 3. The summed E-state index contributed by atoms with van der Waals surface area (Å²) in [5.74, 6) is -0.0759. The molecule has 242 valence electrons. The number of benzene rings is 1. The van der Waals surface area contributed by atoms with Crippen LogP contribution in [0, 0.1) is 5.41 Å². The number of thioether (sulfide) groups is 1. The quantitative estimate of drug-likeness (QED) is 0.0516. The molecule has 4 amide bonds. The lowest BCUT2D eigenvalue weighted by molar-refractivity contribution is -0.115. The molecule has 0 radical (unpaired) electrons. The number of alkyl halides is 1. The van der Waals surface area contributed by atoms with E-state index in [-0.39, 0.29) is 42.7 Å². The van der Waals surface area contributed by atoms with Crippen molar-refractivity contribution >= 4 is 69.9 Å². The van der Waals surface area contributed by atoms with Crippen molar-refractivity contribution in [2.24, 2.45) is 26.9 Å². The number of nitrogens with one attached hydrogen (secondary N) is 5. The van der Waals surface area contributed by atoms with Gasteiger partial charge in [-0.2, -0.15) is 0 Å². The summed E-state index contributed by atoms with van der Waals surface area (Å²) >= 11 is 7.39. The topological polar surface area (TPSA) is 181 Å². The number of halogens is 1. The molecule has 0 saturated heterocycles. The average molecular weight is 666 g/mol. The molecule has 0 bridgehead atoms. The van der Waals surface area contributed by atoms with Crippen molar-refractivity contribution in [1.82, 2.24) is 19.0 Å². The van der Waals surface area contributed by atoms with Gasteiger partial charge in [-0.1, -0.05) is 12.1 Å². The van der Waals surface area contributed by atoms with E-state index in [0.717, 1.165) is 16.2 Å². The first-order chi connectivity index (χ1) is 21.9. The molecular formula is C31H36ClN9O4S. The minimum Gasteiger partial charge on any atom is -0.388 e. The molecule has 46 heavy (non-hydrogen) atoms. The number of aromatic nitrogens is 3. The number of nitrogens with two attached hydrogens (primary N) is 1. The average Bonchev–Trinajstić information content (AvgIpc) is 3.67. The zero-order chi connectivity index (χ0) is 33.4. The zero-order valence-electron chi connectivity index (χ0n) is 25.6. The Balaban J connectivity index is 1.33. The third-order valence-corrected chi connectivity index (χ3v) is 8.25. The van der Waals surface area contributed by atoms with Gasteiger partial charge in [0.2, 0.25) is 5.91 Å². The van der Waals surface area contributed by atoms with Gasteiger partial charge in [0.05, 0.1) is 29.3 Å². The smallest absolute Gasteiger partial charge is 0.272 e. The third kappa shape index (κ3) is 9.05. The van der Waals surface area contributed by atoms with Gasteiger partial charge in [-0.15, -0.1) is 23.4 Å². The van der Waals surface area contributed by atoms with Crippen LogP contribution >= 0.6 is 23.4 Å². The van der Waals surface area contributed by atoms with E-state index in [0.29, 0.717) is 34.3 Å². The maximum Gasteiger partial charge on any atom is 0.272 e. The van der Waals surface area contributed by atoms with Crippen LogP contribution in [-0.4, -0.2) is 61.3 Å². The summed E-state index contributed by atoms with van der Waals surface area (Å²) < 4.78 is 4.75. The number of carbonyl (C=O) groups excluding carboxylic acids is 4. The lowest BCUT2D eigenvalue weighted by Crippen LogP contribution is -2.28. The number of anilines is 3. The molecule has 0 fully saturated rings. The molecule has 1 aromatic carbocycles. The number of amidine groups is 1. The van der Waals surface area contributed by atoms with Crippen molar-refractivity contribution in [3.63, 3.8) is 0 Å². The Morgan fingerprint density at radius 3 is 1.74 bits per heavy atom. The zero-order valence-corrected chi connectivity index (χ0v) is 27.2. The molecule has 0 saturated carbocycles. The molecule has 0 spiro atoms. The summed E-state index contributed by atoms with van der Waals surface area (Å²) in [4.78, 5) is 52.4. The van der Waals surface area contributed by atoms with Crippen molar-refractivity contribution in [2.75, 3.05) is 34.1 Å². The highest BCUT2D eigenvalue weighted by molar-refractivity contribution is 7.99. The molecule has 3 aromatic heterocycles. The number of rotatable bonds is 14. The van der Waals surface area contributed by atoms with Crippen molar-refractivity contribution in [3.05, 3.63) is 83.7 Å². The molecule has 4 aromatic rings. The number of amides is 4. The molecule has 0 aliphatic carbocycles. The van der Waals surface area contributed by atoms with E-state index < -0.39 is 11.8 Å². The molecule has 0 unspecified atom stereocenters. The van der Waals surface area contributed by atoms with E-state index >= 15 is 0 Å². The Morgan fingerprint density at radius 2 is 1.26 bits per heavy atom. The van der Waals surface area contributed by atoms with Crippen molar-refractivity contribution in [3.8, 4) is 0 Å². The van der Waals surface area contributed by atoms with E-state index in [1.54, 1.807) is 71.3 Å². The summed E-state index contributed by atoms with van der Waals surface area (Å²) in [6.45, 7) is 0.224. The maximum absolute atomic E-state index is 13.1. The SMILES string of the molecule is Cn1cc(NC(=O)c2cc(NC(=O)c3cc(NC(=O)Cc4ccc(SCCCl)cc4)cn3C)cn2C)cc1C(=O)NCCC(=N)N. The van der Waals surface area contributed by atoms with Gasteiger partial charge in [0.25, 0.3) is 17.7 Å². The second-order valence-corrected chi connectivity index (χ2v) is 12.1. The van der Waals surface area contributed by atoms with Gasteiger partial charge in [0, 0.05) is 69.2 Å². The van der Waals surface area contributed by atoms with Gasteiger partial charge < -0.3 is 40.7 Å². The Morgan fingerprint density at radius 1 is 0.783 bits per heavy atom. The number of hydrogen-bond acceptors (Lipinski definition) is 6. The molecule has 4 rings (SSSR count). The highest BCUT2D eigenvalue weighted by Crippen LogP contribution is 2.21. The van der Waals surface area contributed by atoms with Crippen LogP contribution in [0.25, 0.3) is 0 Å². The van der Waals surface area contributed by atoms with E-state index in [2.05, 4.69) is 21.3 Å². The van der Waals surface area contributed by atoms with Crippen LogP contribution in [0.5, 0.6) is 0 Å². The molecular weight excluding hydrogens is 630 g/mol. The second kappa shape index (κ2) is 15.4. The monoisotopic (exact) mass is 665 g/mol. The molecule has 13 nitrogen and oxygen atoms in total. The maximum atomic E-state index is 13.1. The van der Waals surface area contributed by atoms with Crippen LogP contribution in [-0.2, 0) is 32.4 Å². The summed E-state index contributed by atoms with van der Waals surface area (Å²) in [6.07, 6.45) is 5.29. The first-order valence-corrected chi connectivity index (χ1v) is 15.8.